The van der Waals surface area contributed by atoms with Gasteiger partial charge in [0.05, 0.1) is 17.2 Å². The van der Waals surface area contributed by atoms with E-state index in [0.717, 1.165) is 47.3 Å². The summed E-state index contributed by atoms with van der Waals surface area (Å²) in [7, 11) is 0. The van der Waals surface area contributed by atoms with Crippen molar-refractivity contribution in [2.24, 2.45) is 0 Å². The highest BCUT2D eigenvalue weighted by molar-refractivity contribution is 7.16. The molecule has 8 heteroatoms. The summed E-state index contributed by atoms with van der Waals surface area (Å²) in [5, 5.41) is 23.0. The quantitative estimate of drug-likeness (QED) is 0.250. The fourth-order valence-electron chi connectivity index (χ4n) is 4.29. The lowest BCUT2D eigenvalue weighted by Gasteiger charge is -2.15. The molecule has 1 amide bonds. The minimum Gasteiger partial charge on any atom is -0.490 e. The van der Waals surface area contributed by atoms with Crippen molar-refractivity contribution in [2.45, 2.75) is 46.1 Å². The topological polar surface area (TPSA) is 95.1 Å². The highest BCUT2D eigenvalue weighted by Gasteiger charge is 2.23. The van der Waals surface area contributed by atoms with Crippen molar-refractivity contribution in [1.82, 2.24) is 0 Å². The third-order valence-electron chi connectivity index (χ3n) is 5.98. The number of hydrogen-bond acceptors (Lipinski definition) is 6. The predicted molar refractivity (Wildman–Crippen MR) is 146 cm³/mol. The van der Waals surface area contributed by atoms with Gasteiger partial charge in [0, 0.05) is 4.88 Å². The number of hydrogen-bond donors (Lipinski definition) is 1. The number of nitrogens with zero attached hydrogens (tertiary/aromatic N) is 2. The van der Waals surface area contributed by atoms with Crippen molar-refractivity contribution in [1.29, 1.82) is 10.5 Å². The van der Waals surface area contributed by atoms with Gasteiger partial charge in [-0.1, -0.05) is 41.4 Å². The van der Waals surface area contributed by atoms with Gasteiger partial charge < -0.3 is 14.8 Å². The molecule has 4 rings (SSSR count). The first-order valence-electron chi connectivity index (χ1n) is 12.1. The minimum atomic E-state index is -0.577. The van der Waals surface area contributed by atoms with Crippen LogP contribution in [0.3, 0.4) is 0 Å². The van der Waals surface area contributed by atoms with Crippen LogP contribution in [0, 0.1) is 29.6 Å². The Balaban J connectivity index is 1.58. The van der Waals surface area contributed by atoms with Crippen LogP contribution in [0.2, 0.25) is 5.02 Å². The van der Waals surface area contributed by atoms with Crippen molar-refractivity contribution >= 4 is 39.9 Å². The van der Waals surface area contributed by atoms with Gasteiger partial charge in [-0.3, -0.25) is 4.79 Å². The Morgan fingerprint density at radius 1 is 1.19 bits per heavy atom. The Hall–Kier alpha value is -3.78. The smallest absolute Gasteiger partial charge is 0.266 e. The second-order valence-electron chi connectivity index (χ2n) is 8.69. The zero-order valence-corrected chi connectivity index (χ0v) is 22.3. The SMILES string of the molecule is CCOc1cc(/C=C(\C#N)C(=O)Nc2sc3c(c2C#N)CCCC3)cc(Cl)c1OCc1cccc(C)c1. The van der Waals surface area contributed by atoms with E-state index >= 15 is 0 Å². The molecule has 1 N–H and O–H groups in total. The maximum atomic E-state index is 13.0. The number of ether oxygens (including phenoxy) is 2. The van der Waals surface area contributed by atoms with Gasteiger partial charge in [-0.05, 0) is 74.4 Å². The lowest BCUT2D eigenvalue weighted by atomic mass is 9.96. The Labute approximate surface area is 225 Å². The molecule has 1 aliphatic carbocycles. The molecule has 0 atom stereocenters. The van der Waals surface area contributed by atoms with Crippen LogP contribution in [0.25, 0.3) is 6.08 Å². The fourth-order valence-corrected chi connectivity index (χ4v) is 5.80. The zero-order valence-electron chi connectivity index (χ0n) is 20.7. The monoisotopic (exact) mass is 531 g/mol. The molecular weight excluding hydrogens is 506 g/mol. The van der Waals surface area contributed by atoms with Gasteiger partial charge >= 0.3 is 0 Å². The number of anilines is 1. The molecule has 0 saturated carbocycles. The second-order valence-corrected chi connectivity index (χ2v) is 10.2. The molecule has 0 aliphatic heterocycles. The third-order valence-corrected chi connectivity index (χ3v) is 7.47. The summed E-state index contributed by atoms with van der Waals surface area (Å²) < 4.78 is 11.8. The van der Waals surface area contributed by atoms with Crippen molar-refractivity contribution in [2.75, 3.05) is 11.9 Å². The van der Waals surface area contributed by atoms with Crippen LogP contribution in [0.4, 0.5) is 5.00 Å². The van der Waals surface area contributed by atoms with Crippen LogP contribution in [-0.4, -0.2) is 12.5 Å². The number of thiophene rings is 1. The maximum Gasteiger partial charge on any atom is 0.266 e. The van der Waals surface area contributed by atoms with Gasteiger partial charge in [0.15, 0.2) is 11.5 Å². The van der Waals surface area contributed by atoms with Gasteiger partial charge in [-0.2, -0.15) is 10.5 Å². The lowest BCUT2D eigenvalue weighted by molar-refractivity contribution is -0.112. The second kappa shape index (κ2) is 12.0. The first-order valence-corrected chi connectivity index (χ1v) is 13.2. The number of fused-ring (bicyclic) bond motifs is 1. The maximum absolute atomic E-state index is 13.0. The van der Waals surface area contributed by atoms with Gasteiger partial charge in [-0.15, -0.1) is 11.3 Å². The molecule has 1 aliphatic rings. The highest BCUT2D eigenvalue weighted by atomic mass is 35.5. The van der Waals surface area contributed by atoms with E-state index in [-0.39, 0.29) is 5.57 Å². The van der Waals surface area contributed by atoms with E-state index in [1.165, 1.54) is 17.4 Å². The normalized spacial score (nSPS) is 12.7. The van der Waals surface area contributed by atoms with Crippen LogP contribution in [0.5, 0.6) is 11.5 Å². The average molecular weight is 532 g/mol. The van der Waals surface area contributed by atoms with Gasteiger partial charge in [0.25, 0.3) is 5.91 Å². The number of carbonyl (C=O) groups excluding carboxylic acids is 1. The van der Waals surface area contributed by atoms with Crippen molar-refractivity contribution in [3.05, 3.63) is 79.7 Å². The third kappa shape index (κ3) is 6.14. The van der Waals surface area contributed by atoms with Crippen LogP contribution >= 0.6 is 22.9 Å². The standard InChI is InChI=1S/C29H26ClN3O3S/c1-3-35-25-14-20(13-24(30)27(25)36-17-19-8-6-7-18(2)11-19)12-21(15-31)28(34)33-29-23(16-32)22-9-4-5-10-26(22)37-29/h6-8,11-14H,3-5,9-10,17H2,1-2H3,(H,33,34)/b21-12+. The lowest BCUT2D eigenvalue weighted by Crippen LogP contribution is -2.13. The number of aryl methyl sites for hydroxylation is 2. The summed E-state index contributed by atoms with van der Waals surface area (Å²) in [6.07, 6.45) is 5.30. The molecule has 188 valence electrons. The molecule has 1 aromatic heterocycles. The number of carbonyl (C=O) groups is 1. The Morgan fingerprint density at radius 2 is 2.00 bits per heavy atom. The number of nitriles is 2. The average Bonchev–Trinajstić information content (AvgIpc) is 3.23. The van der Waals surface area contributed by atoms with Crippen molar-refractivity contribution in [3.8, 4) is 23.6 Å². The van der Waals surface area contributed by atoms with E-state index in [4.69, 9.17) is 21.1 Å². The number of nitrogens with one attached hydrogen (secondary N) is 1. The summed E-state index contributed by atoms with van der Waals surface area (Å²) in [6.45, 7) is 4.56. The summed E-state index contributed by atoms with van der Waals surface area (Å²) in [5.74, 6) is 0.240. The molecule has 6 nitrogen and oxygen atoms in total. The van der Waals surface area contributed by atoms with E-state index in [2.05, 4.69) is 11.4 Å². The number of benzene rings is 2. The first kappa shape index (κ1) is 26.3. The molecule has 0 radical (unpaired) electrons. The molecule has 0 spiro atoms. The van der Waals surface area contributed by atoms with E-state index in [1.807, 2.05) is 44.2 Å². The Kier molecular flexibility index (Phi) is 8.50. The zero-order chi connectivity index (χ0) is 26.4. The van der Waals surface area contributed by atoms with Crippen LogP contribution in [0.15, 0.2) is 42.0 Å². The van der Waals surface area contributed by atoms with Crippen LogP contribution in [-0.2, 0) is 24.2 Å². The molecule has 0 fully saturated rings. The summed E-state index contributed by atoms with van der Waals surface area (Å²) in [4.78, 5) is 14.1. The van der Waals surface area contributed by atoms with E-state index in [1.54, 1.807) is 12.1 Å². The Bertz CT molecular complexity index is 1450. The van der Waals surface area contributed by atoms with Crippen LogP contribution < -0.4 is 14.8 Å². The van der Waals surface area contributed by atoms with Crippen LogP contribution in [0.1, 0.15) is 52.5 Å². The van der Waals surface area contributed by atoms with E-state index in [0.29, 0.717) is 45.9 Å². The molecule has 37 heavy (non-hydrogen) atoms. The van der Waals surface area contributed by atoms with E-state index < -0.39 is 5.91 Å². The fraction of sp³-hybridized carbons (Fsp3) is 0.276. The molecular formula is C29H26ClN3O3S. The number of halogens is 1. The molecule has 0 bridgehead atoms. The van der Waals surface area contributed by atoms with Crippen molar-refractivity contribution < 1.29 is 14.3 Å². The molecule has 1 heterocycles. The Morgan fingerprint density at radius 3 is 2.73 bits per heavy atom. The van der Waals surface area contributed by atoms with Gasteiger partial charge in [0.1, 0.15) is 29.3 Å². The summed E-state index contributed by atoms with van der Waals surface area (Å²) >= 11 is 7.97. The number of rotatable bonds is 8. The first-order chi connectivity index (χ1) is 17.9. The predicted octanol–water partition coefficient (Wildman–Crippen LogP) is 6.98. The minimum absolute atomic E-state index is 0.109. The van der Waals surface area contributed by atoms with Gasteiger partial charge in [-0.25, -0.2) is 0 Å². The summed E-state index contributed by atoms with van der Waals surface area (Å²) in [5.41, 5.74) is 4.06. The molecule has 0 saturated heterocycles. The molecule has 2 aromatic carbocycles. The van der Waals surface area contributed by atoms with Gasteiger partial charge in [0.2, 0.25) is 0 Å². The number of amides is 1. The highest BCUT2D eigenvalue weighted by Crippen LogP contribution is 2.39. The molecule has 3 aromatic rings. The molecule has 0 unspecified atom stereocenters. The van der Waals surface area contributed by atoms with Crippen molar-refractivity contribution in [3.63, 3.8) is 0 Å². The largest absolute Gasteiger partial charge is 0.490 e. The van der Waals surface area contributed by atoms with E-state index in [9.17, 15) is 15.3 Å². The summed E-state index contributed by atoms with van der Waals surface area (Å²) in [6, 6.07) is 15.5.